The number of urea groups is 1. The van der Waals surface area contributed by atoms with E-state index in [-0.39, 0.29) is 63.8 Å². The molecule has 2 saturated heterocycles. The Morgan fingerprint density at radius 3 is 2.50 bits per heavy atom. The molecule has 1 aromatic heterocycles. The SMILES string of the molecule is CCN1CCN(C(=O)NC(C(=O)N[C@]2(NC=O)C(=O)N3C(C(=O)O)=C(C(=S)c4nnc(NC(=O)CCl)s4)CS[C@H]32)c2ccc(O)c(O)c2)C(=O)C1=O. The molecule has 1 unspecified atom stereocenters. The number of aliphatic carboxylic acids is 1. The Kier molecular flexibility index (Phi) is 11.0. The number of thioether (sulfide) groups is 1. The Morgan fingerprint density at radius 2 is 1.87 bits per heavy atom. The zero-order valence-corrected chi connectivity index (χ0v) is 29.7. The van der Waals surface area contributed by atoms with Gasteiger partial charge in [-0.15, -0.1) is 33.6 Å². The van der Waals surface area contributed by atoms with Gasteiger partial charge in [0.2, 0.25) is 29.0 Å². The molecule has 3 atom stereocenters. The Balaban J connectivity index is 1.44. The van der Waals surface area contributed by atoms with Gasteiger partial charge in [-0.25, -0.2) is 9.59 Å². The molecule has 0 aliphatic carbocycles. The molecule has 5 rings (SSSR count). The summed E-state index contributed by atoms with van der Waals surface area (Å²) in [4.78, 5) is 105. The summed E-state index contributed by atoms with van der Waals surface area (Å²) >= 11 is 12.7. The number of carboxylic acids is 1. The molecule has 2 aromatic rings. The van der Waals surface area contributed by atoms with Crippen molar-refractivity contribution in [3.05, 3.63) is 40.0 Å². The molecule has 3 aliphatic rings. The number of amides is 8. The highest BCUT2D eigenvalue weighted by molar-refractivity contribution is 8.00. The molecule has 4 heterocycles. The minimum Gasteiger partial charge on any atom is -0.504 e. The van der Waals surface area contributed by atoms with Gasteiger partial charge >= 0.3 is 23.8 Å². The van der Waals surface area contributed by atoms with Crippen LogP contribution in [0.5, 0.6) is 11.5 Å². The molecule has 7 N–H and O–H groups in total. The van der Waals surface area contributed by atoms with Crippen molar-refractivity contribution in [3.63, 3.8) is 0 Å². The third kappa shape index (κ3) is 6.81. The minimum atomic E-state index is -2.29. The first-order valence-electron chi connectivity index (χ1n) is 14.8. The van der Waals surface area contributed by atoms with Crippen LogP contribution in [0.25, 0.3) is 0 Å². The molecule has 0 saturated carbocycles. The van der Waals surface area contributed by atoms with Gasteiger partial charge in [0, 0.05) is 31.0 Å². The van der Waals surface area contributed by atoms with Gasteiger partial charge in [0.05, 0.1) is 4.86 Å². The van der Waals surface area contributed by atoms with Crippen LogP contribution in [0, 0.1) is 0 Å². The highest BCUT2D eigenvalue weighted by atomic mass is 35.5. The number of nitrogens with one attached hydrogen (secondary N) is 4. The van der Waals surface area contributed by atoms with Crippen LogP contribution in [0.4, 0.5) is 9.93 Å². The van der Waals surface area contributed by atoms with Gasteiger partial charge in [-0.1, -0.05) is 29.6 Å². The summed E-state index contributed by atoms with van der Waals surface area (Å²) in [5, 5.41) is 46.0. The van der Waals surface area contributed by atoms with E-state index >= 15 is 0 Å². The van der Waals surface area contributed by atoms with Gasteiger partial charge in [-0.3, -0.25) is 43.9 Å². The Morgan fingerprint density at radius 1 is 1.13 bits per heavy atom. The van der Waals surface area contributed by atoms with Crippen molar-refractivity contribution in [2.45, 2.75) is 24.0 Å². The number of anilines is 1. The van der Waals surface area contributed by atoms with E-state index in [0.717, 1.165) is 46.2 Å². The van der Waals surface area contributed by atoms with E-state index in [0.29, 0.717) is 4.90 Å². The maximum Gasteiger partial charge on any atom is 0.353 e. The van der Waals surface area contributed by atoms with Crippen molar-refractivity contribution in [1.82, 2.24) is 40.8 Å². The molecular weight excluding hydrogens is 770 g/mol. The first-order chi connectivity index (χ1) is 24.7. The lowest BCUT2D eigenvalue weighted by molar-refractivity contribution is -0.162. The number of hydrogen-bond donors (Lipinski definition) is 7. The second-order valence-corrected chi connectivity index (χ2v) is 13.6. The number of alkyl halides is 1. The van der Waals surface area contributed by atoms with Crippen molar-refractivity contribution >= 4 is 105 Å². The Labute approximate surface area is 310 Å². The number of thiocarbonyl (C=S) groups is 1. The second kappa shape index (κ2) is 15.1. The molecule has 3 aliphatic heterocycles. The third-order valence-electron chi connectivity index (χ3n) is 7.94. The maximum atomic E-state index is 14.0. The number of imide groups is 1. The number of aromatic nitrogens is 2. The summed E-state index contributed by atoms with van der Waals surface area (Å²) in [5.74, 6) is -8.43. The van der Waals surface area contributed by atoms with Crippen molar-refractivity contribution in [1.29, 1.82) is 0 Å². The van der Waals surface area contributed by atoms with Crippen LogP contribution in [0.2, 0.25) is 0 Å². The summed E-state index contributed by atoms with van der Waals surface area (Å²) in [5.41, 5.74) is -3.06. The number of carbonyl (C=O) groups excluding carboxylic acids is 7. The highest BCUT2D eigenvalue weighted by Crippen LogP contribution is 2.46. The van der Waals surface area contributed by atoms with Crippen LogP contribution in [0.15, 0.2) is 29.5 Å². The molecule has 20 nitrogen and oxygen atoms in total. The highest BCUT2D eigenvalue weighted by Gasteiger charge is 2.66. The molecule has 2 fully saturated rings. The van der Waals surface area contributed by atoms with Crippen LogP contribution in [-0.4, -0.2) is 135 Å². The third-order valence-corrected chi connectivity index (χ3v) is 10.9. The fraction of sp³-hybridized carbons (Fsp3) is 0.321. The number of likely N-dealkylation sites (N-methyl/N-ethyl adjacent to an activating group) is 1. The number of benzene rings is 1. The number of piperazine rings is 1. The van der Waals surface area contributed by atoms with Crippen LogP contribution in [-0.2, 0) is 33.6 Å². The van der Waals surface area contributed by atoms with Crippen LogP contribution >= 0.6 is 46.9 Å². The predicted octanol–water partition coefficient (Wildman–Crippen LogP) is -1.20. The van der Waals surface area contributed by atoms with Gasteiger partial charge in [0.25, 0.3) is 5.91 Å². The number of fused-ring (bicyclic) bond motifs is 1. The number of halogens is 1. The molecule has 0 radical (unpaired) electrons. The lowest BCUT2D eigenvalue weighted by Crippen LogP contribution is -2.85. The number of aromatic hydroxyl groups is 2. The monoisotopic (exact) mass is 795 g/mol. The van der Waals surface area contributed by atoms with E-state index in [2.05, 4.69) is 31.5 Å². The summed E-state index contributed by atoms with van der Waals surface area (Å²) in [7, 11) is 0. The van der Waals surface area contributed by atoms with E-state index in [9.17, 15) is 53.7 Å². The quantitative estimate of drug-likeness (QED) is 0.0194. The minimum absolute atomic E-state index is 0.0105. The van der Waals surface area contributed by atoms with E-state index in [1.54, 1.807) is 6.92 Å². The summed E-state index contributed by atoms with van der Waals surface area (Å²) < 4.78 is 0. The molecule has 24 heteroatoms. The molecule has 52 heavy (non-hydrogen) atoms. The lowest BCUT2D eigenvalue weighted by Gasteiger charge is -2.56. The smallest absolute Gasteiger partial charge is 0.353 e. The number of hydrogen-bond acceptors (Lipinski definition) is 15. The Bertz CT molecular complexity index is 1960. The molecule has 8 amide bonds. The summed E-state index contributed by atoms with van der Waals surface area (Å²) in [6, 6.07) is 0.0493. The summed E-state index contributed by atoms with van der Waals surface area (Å²) in [6.07, 6.45) is 0.0930. The topological polar surface area (TPSA) is 281 Å². The van der Waals surface area contributed by atoms with Crippen molar-refractivity contribution in [2.75, 3.05) is 36.6 Å². The lowest BCUT2D eigenvalue weighted by atomic mass is 9.93. The molecule has 0 spiro atoms. The van der Waals surface area contributed by atoms with E-state index in [1.165, 1.54) is 4.90 Å². The van der Waals surface area contributed by atoms with E-state index in [1.807, 2.05) is 0 Å². The number of carboxylic acid groups (broad SMARTS) is 1. The van der Waals surface area contributed by atoms with Crippen molar-refractivity contribution in [3.8, 4) is 11.5 Å². The van der Waals surface area contributed by atoms with Gasteiger partial charge in [-0.05, 0) is 24.6 Å². The summed E-state index contributed by atoms with van der Waals surface area (Å²) in [6.45, 7) is 1.63. The first-order valence-corrected chi connectivity index (χ1v) is 17.6. The fourth-order valence-corrected chi connectivity index (χ4v) is 8.07. The van der Waals surface area contributed by atoms with Gasteiger partial charge < -0.3 is 36.2 Å². The van der Waals surface area contributed by atoms with Crippen LogP contribution in [0.1, 0.15) is 23.5 Å². The number of nitrogens with zero attached hydrogens (tertiary/aromatic N) is 5. The average molecular weight is 796 g/mol. The van der Waals surface area contributed by atoms with Gasteiger partial charge in [0.15, 0.2) is 16.5 Å². The number of carbonyl (C=O) groups is 8. The number of phenolic OH excluding ortho intramolecular Hbond substituents is 2. The molecule has 274 valence electrons. The zero-order valence-electron chi connectivity index (χ0n) is 26.4. The standard InChI is InChI=1S/C28H26ClN9O11S3/c1-2-36-5-6-37(22(45)21(36)44)27(49)32-16(11-3-4-13(40)14(41)7-11)19(43)33-28(30-10-39)24(48)38-17(23(46)47)12(9-51-25(28)38)18(50)20-34-35-26(52-20)31-15(42)8-29/h3-4,7,10,16,25,40-41H,2,5-6,8-9H2,1H3,(H,30,39)(H,32,49)(H,33,43)(H,46,47)(H,31,35,42)/t16?,25-,28+/m0/s1. The van der Waals surface area contributed by atoms with E-state index < -0.39 is 75.8 Å². The maximum absolute atomic E-state index is 14.0. The second-order valence-electron chi connectivity index (χ2n) is 10.9. The fourth-order valence-electron chi connectivity index (χ4n) is 5.41. The molecule has 0 bridgehead atoms. The first kappa shape index (κ1) is 37.9. The van der Waals surface area contributed by atoms with Crippen LogP contribution in [0.3, 0.4) is 0 Å². The predicted molar refractivity (Wildman–Crippen MR) is 184 cm³/mol. The number of phenols is 2. The molecule has 1 aromatic carbocycles. The zero-order chi connectivity index (χ0) is 38.1. The van der Waals surface area contributed by atoms with Gasteiger partial charge in [-0.2, -0.15) is 0 Å². The van der Waals surface area contributed by atoms with Crippen molar-refractivity contribution in [2.24, 2.45) is 0 Å². The van der Waals surface area contributed by atoms with E-state index in [4.69, 9.17) is 23.8 Å². The van der Waals surface area contributed by atoms with Crippen molar-refractivity contribution < 1.29 is 53.7 Å². The van der Waals surface area contributed by atoms with Crippen LogP contribution < -0.4 is 21.3 Å². The normalized spacial score (nSPS) is 20.4. The van der Waals surface area contributed by atoms with Gasteiger partial charge in [0.1, 0.15) is 23.0 Å². The largest absolute Gasteiger partial charge is 0.504 e. The average Bonchev–Trinajstić information content (AvgIpc) is 3.59. The Hall–Kier alpha value is -5.39. The number of β-lactam (4-membered cyclic amide) rings is 1. The molecular formula is C28H26ClN9O11S3. The number of rotatable bonds is 12.